The highest BCUT2D eigenvalue weighted by molar-refractivity contribution is 6.30. The average molecular weight is 470 g/mol. The highest BCUT2D eigenvalue weighted by Crippen LogP contribution is 2.54. The van der Waals surface area contributed by atoms with E-state index in [-0.39, 0.29) is 31.0 Å². The van der Waals surface area contributed by atoms with E-state index in [0.717, 1.165) is 5.56 Å². The highest BCUT2D eigenvalue weighted by Gasteiger charge is 2.54. The summed E-state index contributed by atoms with van der Waals surface area (Å²) in [4.78, 5) is 14.4. The summed E-state index contributed by atoms with van der Waals surface area (Å²) in [6, 6.07) is 22.4. The van der Waals surface area contributed by atoms with Crippen LogP contribution in [0, 0.1) is 45.3 Å². The number of hydrogen-bond donors (Lipinski definition) is 1. The van der Waals surface area contributed by atoms with Gasteiger partial charge in [0.15, 0.2) is 5.41 Å². The van der Waals surface area contributed by atoms with Crippen LogP contribution in [0.25, 0.3) is 0 Å². The number of allylic oxidation sites excluding steroid dienone is 2. The smallest absolute Gasteiger partial charge is 0.410 e. The predicted octanol–water partition coefficient (Wildman–Crippen LogP) is 4.40. The van der Waals surface area contributed by atoms with Gasteiger partial charge in [-0.3, -0.25) is 0 Å². The maximum absolute atomic E-state index is 12.9. The quantitative estimate of drug-likeness (QED) is 0.709. The molecule has 1 amide bonds. The number of nitrogens with two attached hydrogens (primary N) is 1. The summed E-state index contributed by atoms with van der Waals surface area (Å²) in [5, 5.41) is 30.6. The van der Waals surface area contributed by atoms with Crippen LogP contribution in [-0.2, 0) is 11.3 Å². The van der Waals surface area contributed by atoms with Gasteiger partial charge >= 0.3 is 6.09 Å². The lowest BCUT2D eigenvalue weighted by atomic mass is 9.58. The third-order valence-electron chi connectivity index (χ3n) is 6.34. The van der Waals surface area contributed by atoms with Crippen molar-refractivity contribution >= 4 is 17.7 Å². The molecule has 34 heavy (non-hydrogen) atoms. The molecule has 0 saturated carbocycles. The minimum absolute atomic E-state index is 0.0763. The van der Waals surface area contributed by atoms with E-state index in [1.807, 2.05) is 30.3 Å². The second-order valence-corrected chi connectivity index (χ2v) is 8.61. The Morgan fingerprint density at radius 3 is 2.53 bits per heavy atom. The first-order chi connectivity index (χ1) is 16.4. The first-order valence-electron chi connectivity index (χ1n) is 10.6. The number of halogens is 1. The molecule has 0 aromatic heterocycles. The van der Waals surface area contributed by atoms with E-state index in [0.29, 0.717) is 16.2 Å². The van der Waals surface area contributed by atoms with Crippen molar-refractivity contribution in [2.45, 2.75) is 12.5 Å². The molecule has 8 heteroatoms. The molecule has 1 aliphatic carbocycles. The van der Waals surface area contributed by atoms with Crippen LogP contribution < -0.4 is 5.73 Å². The van der Waals surface area contributed by atoms with Crippen LogP contribution in [0.5, 0.6) is 0 Å². The molecule has 0 fully saturated rings. The van der Waals surface area contributed by atoms with Crippen molar-refractivity contribution in [2.75, 3.05) is 13.1 Å². The monoisotopic (exact) mass is 469 g/mol. The van der Waals surface area contributed by atoms with Crippen molar-refractivity contribution in [3.05, 3.63) is 93.7 Å². The Morgan fingerprint density at radius 2 is 1.88 bits per heavy atom. The predicted molar refractivity (Wildman–Crippen MR) is 124 cm³/mol. The van der Waals surface area contributed by atoms with E-state index < -0.39 is 23.3 Å². The Labute approximate surface area is 202 Å². The van der Waals surface area contributed by atoms with Gasteiger partial charge in [0, 0.05) is 29.9 Å². The molecule has 2 aliphatic rings. The molecule has 0 spiro atoms. The van der Waals surface area contributed by atoms with Crippen LogP contribution in [0.4, 0.5) is 4.79 Å². The lowest BCUT2D eigenvalue weighted by Gasteiger charge is -2.45. The van der Waals surface area contributed by atoms with Crippen molar-refractivity contribution in [2.24, 2.45) is 17.1 Å². The molecule has 4 rings (SSSR count). The molecular formula is C26H20ClN5O2. The summed E-state index contributed by atoms with van der Waals surface area (Å²) in [5.74, 6) is -1.27. The fraction of sp³-hybridized carbons (Fsp3) is 0.231. The largest absolute Gasteiger partial charge is 0.445 e. The molecule has 2 aromatic carbocycles. The van der Waals surface area contributed by atoms with E-state index >= 15 is 0 Å². The number of benzene rings is 2. The van der Waals surface area contributed by atoms with Crippen LogP contribution in [0.15, 0.2) is 77.5 Å². The first-order valence-corrected chi connectivity index (χ1v) is 11.0. The fourth-order valence-corrected chi connectivity index (χ4v) is 4.91. The second kappa shape index (κ2) is 9.32. The van der Waals surface area contributed by atoms with E-state index in [1.165, 1.54) is 4.90 Å². The zero-order chi connectivity index (χ0) is 24.3. The second-order valence-electron chi connectivity index (χ2n) is 8.18. The van der Waals surface area contributed by atoms with Gasteiger partial charge < -0.3 is 15.4 Å². The van der Waals surface area contributed by atoms with Crippen molar-refractivity contribution in [1.82, 2.24) is 4.90 Å². The van der Waals surface area contributed by atoms with Crippen LogP contribution in [0.1, 0.15) is 17.0 Å². The molecule has 168 valence electrons. The van der Waals surface area contributed by atoms with Gasteiger partial charge in [-0.05, 0) is 28.8 Å². The van der Waals surface area contributed by atoms with Crippen molar-refractivity contribution in [3.63, 3.8) is 0 Å². The summed E-state index contributed by atoms with van der Waals surface area (Å²) in [7, 11) is 0. The van der Waals surface area contributed by atoms with Crippen LogP contribution in [0.2, 0.25) is 5.02 Å². The standard InChI is InChI=1S/C26H20ClN5O2/c27-19-8-4-7-18(11-19)23-22-13-32(25(33)34-14-17-5-2-1-3-6-17)10-9-20(22)21(12-28)24(31)26(23,15-29)16-30/h1-9,11,22-23H,10,13-14,31H2. The molecule has 2 unspecified atom stereocenters. The summed E-state index contributed by atoms with van der Waals surface area (Å²) in [6.45, 7) is 0.484. The topological polar surface area (TPSA) is 127 Å². The van der Waals surface area contributed by atoms with E-state index in [2.05, 4.69) is 18.2 Å². The Kier molecular flexibility index (Phi) is 6.28. The molecule has 1 aliphatic heterocycles. The van der Waals surface area contributed by atoms with Crippen LogP contribution >= 0.6 is 11.6 Å². The SMILES string of the molecule is N#CC1=C(N)C(C#N)(C#N)C(c2cccc(Cl)c2)C2CN(C(=O)OCc3ccccc3)CC=C12. The van der Waals surface area contributed by atoms with Crippen molar-refractivity contribution in [3.8, 4) is 18.2 Å². The Balaban J connectivity index is 1.74. The number of rotatable bonds is 3. The van der Waals surface area contributed by atoms with Gasteiger partial charge in [-0.25, -0.2) is 4.79 Å². The highest BCUT2D eigenvalue weighted by atomic mass is 35.5. The molecule has 7 nitrogen and oxygen atoms in total. The van der Waals surface area contributed by atoms with Crippen LogP contribution in [-0.4, -0.2) is 24.1 Å². The van der Waals surface area contributed by atoms with Crippen molar-refractivity contribution in [1.29, 1.82) is 15.8 Å². The first kappa shape index (κ1) is 22.9. The molecule has 0 bridgehead atoms. The average Bonchev–Trinajstić information content (AvgIpc) is 2.87. The molecular weight excluding hydrogens is 450 g/mol. The molecule has 2 atom stereocenters. The van der Waals surface area contributed by atoms with E-state index in [1.54, 1.807) is 30.3 Å². The zero-order valence-corrected chi connectivity index (χ0v) is 18.9. The van der Waals surface area contributed by atoms with Gasteiger partial charge in [-0.15, -0.1) is 0 Å². The number of carbonyl (C=O) groups is 1. The van der Waals surface area contributed by atoms with Crippen molar-refractivity contribution < 1.29 is 9.53 Å². The van der Waals surface area contributed by atoms with E-state index in [9.17, 15) is 20.6 Å². The molecule has 0 saturated heterocycles. The van der Waals surface area contributed by atoms with E-state index in [4.69, 9.17) is 22.1 Å². The summed E-state index contributed by atoms with van der Waals surface area (Å²) in [6.07, 6.45) is 1.23. The summed E-state index contributed by atoms with van der Waals surface area (Å²) in [5.41, 5.74) is 6.65. The van der Waals surface area contributed by atoms with Crippen LogP contribution in [0.3, 0.4) is 0 Å². The maximum Gasteiger partial charge on any atom is 0.410 e. The normalized spacial score (nSPS) is 20.8. The minimum atomic E-state index is -1.80. The minimum Gasteiger partial charge on any atom is -0.445 e. The van der Waals surface area contributed by atoms with Gasteiger partial charge in [0.2, 0.25) is 0 Å². The number of fused-ring (bicyclic) bond motifs is 1. The number of nitriles is 3. The van der Waals surface area contributed by atoms with Gasteiger partial charge in [-0.1, -0.05) is 60.1 Å². The van der Waals surface area contributed by atoms with Gasteiger partial charge in [0.1, 0.15) is 12.7 Å². The van der Waals surface area contributed by atoms with Gasteiger partial charge in [0.05, 0.1) is 23.4 Å². The Bertz CT molecular complexity index is 1300. The third kappa shape index (κ3) is 3.86. The molecule has 2 N–H and O–H groups in total. The molecule has 2 aromatic rings. The maximum atomic E-state index is 12.9. The number of hydrogen-bond acceptors (Lipinski definition) is 6. The lowest BCUT2D eigenvalue weighted by molar-refractivity contribution is 0.0898. The summed E-state index contributed by atoms with van der Waals surface area (Å²) < 4.78 is 5.49. The Morgan fingerprint density at radius 1 is 1.15 bits per heavy atom. The lowest BCUT2D eigenvalue weighted by Crippen LogP contribution is -2.49. The Hall–Kier alpha value is -4.25. The fourth-order valence-electron chi connectivity index (χ4n) is 4.72. The summed E-state index contributed by atoms with van der Waals surface area (Å²) >= 11 is 6.23. The molecule has 0 radical (unpaired) electrons. The van der Waals surface area contributed by atoms with Gasteiger partial charge in [0.25, 0.3) is 0 Å². The molecule has 1 heterocycles. The third-order valence-corrected chi connectivity index (χ3v) is 6.57. The zero-order valence-electron chi connectivity index (χ0n) is 18.1. The van der Waals surface area contributed by atoms with Gasteiger partial charge in [-0.2, -0.15) is 15.8 Å². The number of amides is 1. The number of nitrogens with zero attached hydrogens (tertiary/aromatic N) is 4. The number of carbonyl (C=O) groups excluding carboxylic acids is 1. The number of ether oxygens (including phenoxy) is 1.